The number of rotatable bonds is 7. The number of carboxylic acid groups (broad SMARTS) is 1. The molecule has 1 aromatic heterocycles. The Labute approximate surface area is 136 Å². The maximum absolute atomic E-state index is 12.3. The van der Waals surface area contributed by atoms with Crippen molar-refractivity contribution in [1.29, 1.82) is 0 Å². The Morgan fingerprint density at radius 2 is 2.00 bits per heavy atom. The van der Waals surface area contributed by atoms with E-state index >= 15 is 0 Å². The standard InChI is InChI=1S/C16H16N2O4S/c17-15(21)12(6-7-14(19)20)18-16(22)11-4-1-3-10(9-11)13-5-2-8-23-13/h1-5,8-9,12H,6-7H2,(H2,17,21)(H,18,22)(H,19,20)/t12-/m0/s1. The summed E-state index contributed by atoms with van der Waals surface area (Å²) in [7, 11) is 0. The van der Waals surface area contributed by atoms with E-state index < -0.39 is 23.8 Å². The number of thiophene rings is 1. The summed E-state index contributed by atoms with van der Waals surface area (Å²) >= 11 is 1.56. The van der Waals surface area contributed by atoms with E-state index in [-0.39, 0.29) is 12.8 Å². The average Bonchev–Trinajstić information content (AvgIpc) is 3.05. The Morgan fingerprint density at radius 1 is 1.22 bits per heavy atom. The Hall–Kier alpha value is -2.67. The number of hydrogen-bond acceptors (Lipinski definition) is 4. The van der Waals surface area contributed by atoms with Crippen molar-refractivity contribution in [2.75, 3.05) is 0 Å². The summed E-state index contributed by atoms with van der Waals surface area (Å²) in [5, 5.41) is 13.1. The molecule has 0 aliphatic rings. The molecule has 2 rings (SSSR count). The van der Waals surface area contributed by atoms with Gasteiger partial charge in [0.1, 0.15) is 6.04 Å². The fourth-order valence-electron chi connectivity index (χ4n) is 2.05. The van der Waals surface area contributed by atoms with E-state index in [2.05, 4.69) is 5.32 Å². The lowest BCUT2D eigenvalue weighted by atomic mass is 10.1. The monoisotopic (exact) mass is 332 g/mol. The first-order valence-corrected chi connectivity index (χ1v) is 7.81. The number of carbonyl (C=O) groups is 3. The Kier molecular flexibility index (Phi) is 5.48. The maximum Gasteiger partial charge on any atom is 0.303 e. The Morgan fingerprint density at radius 3 is 2.61 bits per heavy atom. The zero-order valence-electron chi connectivity index (χ0n) is 12.2. The molecule has 0 spiro atoms. The minimum atomic E-state index is -1.05. The summed E-state index contributed by atoms with van der Waals surface area (Å²) in [6, 6.07) is 9.84. The van der Waals surface area contributed by atoms with Crippen LogP contribution in [0, 0.1) is 0 Å². The van der Waals surface area contributed by atoms with Gasteiger partial charge < -0.3 is 16.2 Å². The maximum atomic E-state index is 12.3. The van der Waals surface area contributed by atoms with E-state index in [0.717, 1.165) is 10.4 Å². The van der Waals surface area contributed by atoms with Gasteiger partial charge in [-0.1, -0.05) is 18.2 Å². The average molecular weight is 332 g/mol. The molecular formula is C16H16N2O4S. The van der Waals surface area contributed by atoms with Crippen molar-refractivity contribution in [1.82, 2.24) is 5.32 Å². The summed E-state index contributed by atoms with van der Waals surface area (Å²) < 4.78 is 0. The first kappa shape index (κ1) is 16.7. The van der Waals surface area contributed by atoms with E-state index in [1.54, 1.807) is 29.5 Å². The third-order valence-electron chi connectivity index (χ3n) is 3.23. The summed E-state index contributed by atoms with van der Waals surface area (Å²) in [4.78, 5) is 35.2. The van der Waals surface area contributed by atoms with Gasteiger partial charge in [-0.3, -0.25) is 14.4 Å². The molecule has 1 heterocycles. The van der Waals surface area contributed by atoms with Crippen LogP contribution < -0.4 is 11.1 Å². The number of primary amides is 1. The number of aliphatic carboxylic acids is 1. The van der Waals surface area contributed by atoms with Gasteiger partial charge in [0, 0.05) is 16.9 Å². The zero-order valence-corrected chi connectivity index (χ0v) is 13.0. The molecule has 0 unspecified atom stereocenters. The lowest BCUT2D eigenvalue weighted by Gasteiger charge is -2.14. The lowest BCUT2D eigenvalue weighted by molar-refractivity contribution is -0.137. The van der Waals surface area contributed by atoms with Crippen molar-refractivity contribution in [3.05, 3.63) is 47.3 Å². The molecule has 4 N–H and O–H groups in total. The molecule has 0 aliphatic heterocycles. The topological polar surface area (TPSA) is 109 Å². The molecule has 2 amide bonds. The third kappa shape index (κ3) is 4.65. The van der Waals surface area contributed by atoms with Crippen LogP contribution in [-0.4, -0.2) is 28.9 Å². The van der Waals surface area contributed by atoms with Crippen molar-refractivity contribution in [2.45, 2.75) is 18.9 Å². The molecule has 7 heteroatoms. The molecule has 0 radical (unpaired) electrons. The van der Waals surface area contributed by atoms with Crippen LogP contribution >= 0.6 is 11.3 Å². The van der Waals surface area contributed by atoms with Gasteiger partial charge in [0.05, 0.1) is 0 Å². The van der Waals surface area contributed by atoms with Gasteiger partial charge >= 0.3 is 5.97 Å². The minimum absolute atomic E-state index is 0.0407. The minimum Gasteiger partial charge on any atom is -0.481 e. The molecule has 0 saturated carbocycles. The number of nitrogens with two attached hydrogens (primary N) is 1. The first-order chi connectivity index (χ1) is 11.0. The normalized spacial score (nSPS) is 11.7. The van der Waals surface area contributed by atoms with Gasteiger partial charge in [-0.05, 0) is 35.6 Å². The summed E-state index contributed by atoms with van der Waals surface area (Å²) in [6.45, 7) is 0. The SMILES string of the molecule is NC(=O)[C@H](CCC(=O)O)NC(=O)c1cccc(-c2cccs2)c1. The summed E-state index contributed by atoms with van der Waals surface area (Å²) in [5.74, 6) is -2.27. The van der Waals surface area contributed by atoms with Crippen LogP contribution in [0.25, 0.3) is 10.4 Å². The predicted octanol–water partition coefficient (Wildman–Crippen LogP) is 1.86. The molecule has 0 fully saturated rings. The lowest BCUT2D eigenvalue weighted by Crippen LogP contribution is -2.44. The van der Waals surface area contributed by atoms with Crippen LogP contribution in [0.2, 0.25) is 0 Å². The molecule has 6 nitrogen and oxygen atoms in total. The molecule has 23 heavy (non-hydrogen) atoms. The van der Waals surface area contributed by atoms with Crippen molar-refractivity contribution < 1.29 is 19.5 Å². The van der Waals surface area contributed by atoms with Crippen molar-refractivity contribution in [3.8, 4) is 10.4 Å². The Bertz CT molecular complexity index is 713. The largest absolute Gasteiger partial charge is 0.481 e. The zero-order chi connectivity index (χ0) is 16.8. The van der Waals surface area contributed by atoms with Gasteiger partial charge in [0.15, 0.2) is 0 Å². The number of carbonyl (C=O) groups excluding carboxylic acids is 2. The van der Waals surface area contributed by atoms with E-state index in [4.69, 9.17) is 10.8 Å². The highest BCUT2D eigenvalue weighted by atomic mass is 32.1. The highest BCUT2D eigenvalue weighted by molar-refractivity contribution is 7.13. The van der Waals surface area contributed by atoms with E-state index in [1.807, 2.05) is 23.6 Å². The fourth-order valence-corrected chi connectivity index (χ4v) is 2.78. The fraction of sp³-hybridized carbons (Fsp3) is 0.188. The predicted molar refractivity (Wildman–Crippen MR) is 87.1 cm³/mol. The number of carboxylic acids is 1. The van der Waals surface area contributed by atoms with Crippen molar-refractivity contribution >= 4 is 29.1 Å². The van der Waals surface area contributed by atoms with Crippen LogP contribution in [0.1, 0.15) is 23.2 Å². The first-order valence-electron chi connectivity index (χ1n) is 6.93. The van der Waals surface area contributed by atoms with Crippen LogP contribution in [0.3, 0.4) is 0 Å². The van der Waals surface area contributed by atoms with Crippen molar-refractivity contribution in [2.24, 2.45) is 5.73 Å². The molecule has 2 aromatic rings. The third-order valence-corrected chi connectivity index (χ3v) is 4.15. The van der Waals surface area contributed by atoms with E-state index in [0.29, 0.717) is 5.56 Å². The number of amides is 2. The number of benzene rings is 1. The van der Waals surface area contributed by atoms with Crippen LogP contribution in [0.15, 0.2) is 41.8 Å². The molecule has 120 valence electrons. The highest BCUT2D eigenvalue weighted by Crippen LogP contribution is 2.25. The van der Waals surface area contributed by atoms with E-state index in [9.17, 15) is 14.4 Å². The van der Waals surface area contributed by atoms with E-state index in [1.165, 1.54) is 0 Å². The second-order valence-electron chi connectivity index (χ2n) is 4.92. The summed E-state index contributed by atoms with van der Waals surface area (Å²) in [5.41, 5.74) is 6.50. The quantitative estimate of drug-likeness (QED) is 0.719. The second-order valence-corrected chi connectivity index (χ2v) is 5.87. The molecule has 0 saturated heterocycles. The van der Waals surface area contributed by atoms with Crippen LogP contribution in [0.4, 0.5) is 0 Å². The molecule has 1 aromatic carbocycles. The number of nitrogens with one attached hydrogen (secondary N) is 1. The van der Waals surface area contributed by atoms with Gasteiger partial charge in [0.2, 0.25) is 5.91 Å². The van der Waals surface area contributed by atoms with Gasteiger partial charge in [-0.15, -0.1) is 11.3 Å². The van der Waals surface area contributed by atoms with Gasteiger partial charge in [0.25, 0.3) is 5.91 Å². The molecule has 1 atom stereocenters. The molecular weight excluding hydrogens is 316 g/mol. The van der Waals surface area contributed by atoms with Crippen LogP contribution in [0.5, 0.6) is 0 Å². The summed E-state index contributed by atoms with van der Waals surface area (Å²) in [6.07, 6.45) is -0.288. The highest BCUT2D eigenvalue weighted by Gasteiger charge is 2.20. The van der Waals surface area contributed by atoms with Gasteiger partial charge in [-0.2, -0.15) is 0 Å². The smallest absolute Gasteiger partial charge is 0.303 e. The van der Waals surface area contributed by atoms with Gasteiger partial charge in [-0.25, -0.2) is 0 Å². The molecule has 0 bridgehead atoms. The number of hydrogen-bond donors (Lipinski definition) is 3. The Balaban J connectivity index is 2.11. The van der Waals surface area contributed by atoms with Crippen LogP contribution in [-0.2, 0) is 9.59 Å². The second kappa shape index (κ2) is 7.55. The molecule has 0 aliphatic carbocycles. The van der Waals surface area contributed by atoms with Crippen molar-refractivity contribution in [3.63, 3.8) is 0 Å².